The maximum atomic E-state index is 12.3. The molecular formula is C18H24NNaO4. The number of anilines is 1. The van der Waals surface area contributed by atoms with Crippen molar-refractivity contribution in [2.45, 2.75) is 39.0 Å². The summed E-state index contributed by atoms with van der Waals surface area (Å²) in [4.78, 5) is 23.1. The summed E-state index contributed by atoms with van der Waals surface area (Å²) in [7, 11) is 0. The topological polar surface area (TPSA) is 75.6 Å². The van der Waals surface area contributed by atoms with Crippen LogP contribution in [0.4, 0.5) is 5.69 Å². The summed E-state index contributed by atoms with van der Waals surface area (Å²) in [5.74, 6) is -1.15. The molecule has 0 radical (unpaired) electrons. The molecule has 0 saturated heterocycles. The Morgan fingerprint density at radius 3 is 2.71 bits per heavy atom. The number of benzene rings is 1. The Morgan fingerprint density at radius 2 is 2.00 bits per heavy atom. The predicted octanol–water partition coefficient (Wildman–Crippen LogP) is 2.82. The predicted molar refractivity (Wildman–Crippen MR) is 96.4 cm³/mol. The molecule has 5 nitrogen and oxygen atoms in total. The number of nitrogens with one attached hydrogen (secondary N) is 1. The molecule has 6 heteroatoms. The van der Waals surface area contributed by atoms with Gasteiger partial charge in [0.15, 0.2) is 0 Å². The first-order valence-electron chi connectivity index (χ1n) is 8.07. The van der Waals surface area contributed by atoms with Crippen molar-refractivity contribution in [3.63, 3.8) is 0 Å². The molecule has 0 aliphatic heterocycles. The molecule has 2 N–H and O–H groups in total. The number of allylic oxidation sites excluding steroid dienone is 1. The minimum atomic E-state index is -0.917. The summed E-state index contributed by atoms with van der Waals surface area (Å²) in [5.41, 5.74) is 3.34. The molecule has 0 unspecified atom stereocenters. The van der Waals surface area contributed by atoms with Gasteiger partial charge in [-0.3, -0.25) is 4.79 Å². The van der Waals surface area contributed by atoms with Crippen molar-refractivity contribution in [3.05, 3.63) is 35.4 Å². The molecule has 0 aromatic heterocycles. The molecule has 0 amide bonds. The second-order valence-corrected chi connectivity index (χ2v) is 5.59. The van der Waals surface area contributed by atoms with Gasteiger partial charge in [0, 0.05) is 16.8 Å². The van der Waals surface area contributed by atoms with Gasteiger partial charge in [0.1, 0.15) is 6.54 Å². The number of carboxylic acids is 1. The van der Waals surface area contributed by atoms with Gasteiger partial charge < -0.3 is 15.2 Å². The summed E-state index contributed by atoms with van der Waals surface area (Å²) in [6.07, 6.45) is 4.30. The summed E-state index contributed by atoms with van der Waals surface area (Å²) >= 11 is 0. The van der Waals surface area contributed by atoms with Crippen molar-refractivity contribution in [1.82, 2.24) is 0 Å². The number of carboxylic acid groups (broad SMARTS) is 1. The molecule has 126 valence electrons. The Hall–Kier alpha value is -1.30. The summed E-state index contributed by atoms with van der Waals surface area (Å²) in [6, 6.07) is 7.50. The average Bonchev–Trinajstić information content (AvgIpc) is 3.02. The van der Waals surface area contributed by atoms with E-state index in [4.69, 9.17) is 9.84 Å². The fourth-order valence-corrected chi connectivity index (χ4v) is 2.73. The quantitative estimate of drug-likeness (QED) is 0.432. The van der Waals surface area contributed by atoms with Crippen LogP contribution in [0.15, 0.2) is 29.8 Å². The van der Waals surface area contributed by atoms with Gasteiger partial charge in [0.05, 0.1) is 6.61 Å². The van der Waals surface area contributed by atoms with E-state index in [1.54, 1.807) is 0 Å². The third-order valence-electron chi connectivity index (χ3n) is 3.88. The molecule has 1 aromatic rings. The molecule has 0 atom stereocenters. The van der Waals surface area contributed by atoms with Gasteiger partial charge in [-0.25, -0.2) is 4.79 Å². The fourth-order valence-electron chi connectivity index (χ4n) is 2.73. The van der Waals surface area contributed by atoms with Crippen LogP contribution in [0.2, 0.25) is 0 Å². The molecule has 0 bridgehead atoms. The minimum absolute atomic E-state index is 0. The van der Waals surface area contributed by atoms with Crippen LogP contribution in [0.25, 0.3) is 5.57 Å². The molecule has 0 spiro atoms. The second-order valence-electron chi connectivity index (χ2n) is 5.59. The van der Waals surface area contributed by atoms with E-state index in [0.717, 1.165) is 48.1 Å². The third-order valence-corrected chi connectivity index (χ3v) is 3.88. The van der Waals surface area contributed by atoms with Crippen LogP contribution in [-0.2, 0) is 14.3 Å². The van der Waals surface area contributed by atoms with Gasteiger partial charge in [0.2, 0.25) is 0 Å². The normalized spacial score (nSPS) is 13.4. The van der Waals surface area contributed by atoms with Crippen molar-refractivity contribution >= 4 is 52.8 Å². The summed E-state index contributed by atoms with van der Waals surface area (Å²) in [6.45, 7) is 2.35. The van der Waals surface area contributed by atoms with E-state index in [-0.39, 0.29) is 42.1 Å². The van der Waals surface area contributed by atoms with Gasteiger partial charge in [-0.15, -0.1) is 0 Å². The van der Waals surface area contributed by atoms with Crippen LogP contribution in [0.5, 0.6) is 0 Å². The number of carbonyl (C=O) groups is 2. The number of ether oxygens (including phenoxy) is 1. The monoisotopic (exact) mass is 341 g/mol. The molecule has 1 aromatic carbocycles. The van der Waals surface area contributed by atoms with Gasteiger partial charge >= 0.3 is 41.5 Å². The van der Waals surface area contributed by atoms with Gasteiger partial charge in [-0.1, -0.05) is 31.5 Å². The molecular weight excluding hydrogens is 317 g/mol. The molecule has 1 aliphatic carbocycles. The van der Waals surface area contributed by atoms with E-state index < -0.39 is 5.97 Å². The zero-order valence-corrected chi connectivity index (χ0v) is 13.4. The molecule has 24 heavy (non-hydrogen) atoms. The molecule has 1 aliphatic rings. The Balaban J connectivity index is 0.00000288. The standard InChI is InChI=1S/C18H23NO4.Na.H/c1-2-3-11-23-18(22)15-9-6-8-13(15)14-7-4-5-10-16(14)19-12-17(20)21;;/h4-5,7,10,19H,2-3,6,8-9,11-12H2,1H3,(H,20,21);;. The van der Waals surface area contributed by atoms with Crippen LogP contribution in [0.3, 0.4) is 0 Å². The Kier molecular flexibility index (Phi) is 9.11. The van der Waals surface area contributed by atoms with E-state index in [9.17, 15) is 9.59 Å². The maximum absolute atomic E-state index is 12.3. The van der Waals surface area contributed by atoms with Gasteiger partial charge in [0.25, 0.3) is 0 Å². The van der Waals surface area contributed by atoms with E-state index in [1.165, 1.54) is 0 Å². The number of para-hydroxylation sites is 1. The number of esters is 1. The molecule has 2 rings (SSSR count). The van der Waals surface area contributed by atoms with Crippen molar-refractivity contribution in [3.8, 4) is 0 Å². The Bertz CT molecular complexity index is 613. The molecule has 0 saturated carbocycles. The van der Waals surface area contributed by atoms with Crippen LogP contribution < -0.4 is 5.32 Å². The first kappa shape index (κ1) is 20.7. The van der Waals surface area contributed by atoms with Crippen molar-refractivity contribution in [2.24, 2.45) is 0 Å². The number of hydrogen-bond donors (Lipinski definition) is 2. The number of hydrogen-bond acceptors (Lipinski definition) is 4. The van der Waals surface area contributed by atoms with Crippen LogP contribution in [0, 0.1) is 0 Å². The van der Waals surface area contributed by atoms with Gasteiger partial charge in [-0.2, -0.15) is 0 Å². The van der Waals surface area contributed by atoms with Crippen LogP contribution >= 0.6 is 0 Å². The number of unbranched alkanes of at least 4 members (excludes halogenated alkanes) is 1. The summed E-state index contributed by atoms with van der Waals surface area (Å²) in [5, 5.41) is 11.8. The number of carbonyl (C=O) groups excluding carboxylic acids is 1. The van der Waals surface area contributed by atoms with Gasteiger partial charge in [-0.05, 0) is 37.3 Å². The molecule has 0 heterocycles. The van der Waals surface area contributed by atoms with Crippen LogP contribution in [0.1, 0.15) is 44.6 Å². The van der Waals surface area contributed by atoms with E-state index in [1.807, 2.05) is 24.3 Å². The van der Waals surface area contributed by atoms with Crippen molar-refractivity contribution in [2.75, 3.05) is 18.5 Å². The van der Waals surface area contributed by atoms with E-state index >= 15 is 0 Å². The number of rotatable bonds is 8. The van der Waals surface area contributed by atoms with Crippen LogP contribution in [-0.4, -0.2) is 59.8 Å². The molecule has 0 fully saturated rings. The zero-order valence-electron chi connectivity index (χ0n) is 13.4. The van der Waals surface area contributed by atoms with Crippen molar-refractivity contribution in [1.29, 1.82) is 0 Å². The first-order valence-corrected chi connectivity index (χ1v) is 8.07. The fraction of sp³-hybridized carbons (Fsp3) is 0.444. The third kappa shape index (κ3) is 5.65. The van der Waals surface area contributed by atoms with E-state index in [2.05, 4.69) is 12.2 Å². The second kappa shape index (κ2) is 10.5. The first-order chi connectivity index (χ1) is 11.1. The Morgan fingerprint density at radius 1 is 1.25 bits per heavy atom. The van der Waals surface area contributed by atoms with Crippen molar-refractivity contribution < 1.29 is 19.4 Å². The summed E-state index contributed by atoms with van der Waals surface area (Å²) < 4.78 is 5.34. The average molecular weight is 341 g/mol. The SMILES string of the molecule is CCCCOC(=O)C1=C(c2ccccc2NCC(=O)O)CCC1.[NaH]. The zero-order chi connectivity index (χ0) is 16.7. The van der Waals surface area contributed by atoms with E-state index in [0.29, 0.717) is 13.0 Å². The number of aliphatic carboxylic acids is 1. The Labute approximate surface area is 164 Å².